The zero-order valence-electron chi connectivity index (χ0n) is 12.3. The highest BCUT2D eigenvalue weighted by Gasteiger charge is 2.14. The highest BCUT2D eigenvalue weighted by molar-refractivity contribution is 5.95. The van der Waals surface area contributed by atoms with Crippen LogP contribution in [0.25, 0.3) is 0 Å². The summed E-state index contributed by atoms with van der Waals surface area (Å²) < 4.78 is 4.98. The van der Waals surface area contributed by atoms with Crippen LogP contribution in [0.15, 0.2) is 18.2 Å². The van der Waals surface area contributed by atoms with Crippen molar-refractivity contribution in [1.29, 1.82) is 0 Å². The van der Waals surface area contributed by atoms with Gasteiger partial charge in [0.2, 0.25) is 0 Å². The molecule has 1 amide bonds. The molecule has 4 nitrogen and oxygen atoms in total. The van der Waals surface area contributed by atoms with Gasteiger partial charge in [-0.1, -0.05) is 17.9 Å². The molecule has 20 heavy (non-hydrogen) atoms. The Bertz CT molecular complexity index is 514. The third-order valence-corrected chi connectivity index (χ3v) is 2.92. The van der Waals surface area contributed by atoms with E-state index in [4.69, 9.17) is 9.84 Å². The van der Waals surface area contributed by atoms with Crippen LogP contribution in [0.2, 0.25) is 0 Å². The molecule has 0 saturated carbocycles. The molecular weight excluding hydrogens is 254 g/mol. The molecule has 0 bridgehead atoms. The van der Waals surface area contributed by atoms with Crippen LogP contribution in [0, 0.1) is 18.8 Å². The molecule has 0 aromatic heterocycles. The second kappa shape index (κ2) is 8.36. The number of carbonyl (C=O) groups is 1. The molecule has 1 N–H and O–H groups in total. The van der Waals surface area contributed by atoms with Gasteiger partial charge in [-0.15, -0.1) is 0 Å². The van der Waals surface area contributed by atoms with E-state index in [1.54, 1.807) is 25.1 Å². The number of benzene rings is 1. The summed E-state index contributed by atoms with van der Waals surface area (Å²) in [6.07, 6.45) is 0.435. The first-order valence-electron chi connectivity index (χ1n) is 6.55. The van der Waals surface area contributed by atoms with Crippen molar-refractivity contribution in [2.24, 2.45) is 0 Å². The Hall–Kier alpha value is -1.83. The number of aliphatic hydroxyl groups is 1. The SMILES string of the molecule is COCCN(C)C(=O)c1cc(C#CCCO)ccc1C. The minimum absolute atomic E-state index is 0.0367. The van der Waals surface area contributed by atoms with Gasteiger partial charge in [-0.2, -0.15) is 0 Å². The maximum Gasteiger partial charge on any atom is 0.253 e. The summed E-state index contributed by atoms with van der Waals surface area (Å²) in [5.74, 6) is 5.76. The predicted molar refractivity (Wildman–Crippen MR) is 78.6 cm³/mol. The van der Waals surface area contributed by atoms with Gasteiger partial charge in [0, 0.05) is 38.2 Å². The standard InChI is InChI=1S/C16H21NO3/c1-13-7-8-14(6-4-5-10-18)12-15(13)16(19)17(2)9-11-20-3/h7-8,12,18H,5,9-11H2,1-3H3. The van der Waals surface area contributed by atoms with Gasteiger partial charge in [0.25, 0.3) is 5.91 Å². The van der Waals surface area contributed by atoms with Gasteiger partial charge in [0.15, 0.2) is 0 Å². The van der Waals surface area contributed by atoms with E-state index in [1.807, 2.05) is 19.1 Å². The van der Waals surface area contributed by atoms with E-state index in [9.17, 15) is 4.79 Å². The smallest absolute Gasteiger partial charge is 0.253 e. The van der Waals surface area contributed by atoms with Crippen molar-refractivity contribution in [2.75, 3.05) is 33.9 Å². The molecule has 0 unspecified atom stereocenters. The fraction of sp³-hybridized carbons (Fsp3) is 0.438. The zero-order valence-corrected chi connectivity index (χ0v) is 12.3. The van der Waals surface area contributed by atoms with Crippen molar-refractivity contribution in [3.63, 3.8) is 0 Å². The molecule has 0 spiro atoms. The van der Waals surface area contributed by atoms with Gasteiger partial charge in [0.05, 0.1) is 13.2 Å². The number of aryl methyl sites for hydroxylation is 1. The van der Waals surface area contributed by atoms with Gasteiger partial charge in [-0.05, 0) is 24.6 Å². The van der Waals surface area contributed by atoms with Gasteiger partial charge in [-0.25, -0.2) is 0 Å². The lowest BCUT2D eigenvalue weighted by molar-refractivity contribution is 0.0743. The minimum atomic E-state index is -0.0367. The summed E-state index contributed by atoms with van der Waals surface area (Å²) >= 11 is 0. The number of hydrogen-bond donors (Lipinski definition) is 1. The van der Waals surface area contributed by atoms with Gasteiger partial charge >= 0.3 is 0 Å². The molecule has 0 atom stereocenters. The first-order chi connectivity index (χ1) is 9.60. The van der Waals surface area contributed by atoms with Crippen LogP contribution in [0.1, 0.15) is 27.9 Å². The second-order valence-corrected chi connectivity index (χ2v) is 4.52. The topological polar surface area (TPSA) is 49.8 Å². The van der Waals surface area contributed by atoms with E-state index in [0.29, 0.717) is 25.1 Å². The van der Waals surface area contributed by atoms with Gasteiger partial charge < -0.3 is 14.7 Å². The Morgan fingerprint density at radius 1 is 1.45 bits per heavy atom. The Kier molecular flexibility index (Phi) is 6.78. The van der Waals surface area contributed by atoms with Crippen LogP contribution in [0.4, 0.5) is 0 Å². The Balaban J connectivity index is 2.91. The Labute approximate surface area is 120 Å². The molecule has 1 aromatic carbocycles. The lowest BCUT2D eigenvalue weighted by atomic mass is 10.0. The first-order valence-corrected chi connectivity index (χ1v) is 6.55. The summed E-state index contributed by atoms with van der Waals surface area (Å²) in [4.78, 5) is 14.0. The molecule has 4 heteroatoms. The largest absolute Gasteiger partial charge is 0.395 e. The van der Waals surface area contributed by atoms with Crippen LogP contribution in [0.3, 0.4) is 0 Å². The van der Waals surface area contributed by atoms with E-state index >= 15 is 0 Å². The van der Waals surface area contributed by atoms with Crippen molar-refractivity contribution in [3.8, 4) is 11.8 Å². The molecule has 1 rings (SSSR count). The maximum atomic E-state index is 12.3. The van der Waals surface area contributed by atoms with Crippen molar-refractivity contribution in [3.05, 3.63) is 34.9 Å². The second-order valence-electron chi connectivity index (χ2n) is 4.52. The van der Waals surface area contributed by atoms with Crippen molar-refractivity contribution >= 4 is 5.91 Å². The van der Waals surface area contributed by atoms with Crippen LogP contribution in [-0.4, -0.2) is 49.8 Å². The number of likely N-dealkylation sites (N-methyl/N-ethyl adjacent to an activating group) is 1. The quantitative estimate of drug-likeness (QED) is 0.827. The minimum Gasteiger partial charge on any atom is -0.395 e. The number of hydrogen-bond acceptors (Lipinski definition) is 3. The number of ether oxygens (including phenoxy) is 1. The predicted octanol–water partition coefficient (Wildman–Crippen LogP) is 1.45. The van der Waals surface area contributed by atoms with Crippen LogP contribution >= 0.6 is 0 Å². The summed E-state index contributed by atoms with van der Waals surface area (Å²) in [6, 6.07) is 5.57. The van der Waals surface area contributed by atoms with E-state index in [0.717, 1.165) is 11.1 Å². The molecule has 0 aliphatic rings. The molecular formula is C16H21NO3. The maximum absolute atomic E-state index is 12.3. The fourth-order valence-electron chi connectivity index (χ4n) is 1.69. The zero-order chi connectivity index (χ0) is 15.0. The molecule has 0 aliphatic heterocycles. The van der Waals surface area contributed by atoms with E-state index < -0.39 is 0 Å². The average molecular weight is 275 g/mol. The molecule has 0 heterocycles. The number of methoxy groups -OCH3 is 1. The summed E-state index contributed by atoms with van der Waals surface area (Å²) in [5, 5.41) is 8.71. The molecule has 0 fully saturated rings. The number of aliphatic hydroxyl groups excluding tert-OH is 1. The Morgan fingerprint density at radius 3 is 2.85 bits per heavy atom. The fourth-order valence-corrected chi connectivity index (χ4v) is 1.69. The van der Waals surface area contributed by atoms with Crippen LogP contribution in [-0.2, 0) is 4.74 Å². The lowest BCUT2D eigenvalue weighted by Crippen LogP contribution is -2.30. The van der Waals surface area contributed by atoms with E-state index in [1.165, 1.54) is 0 Å². The summed E-state index contributed by atoms with van der Waals surface area (Å²) in [7, 11) is 3.37. The third-order valence-electron chi connectivity index (χ3n) is 2.92. The monoisotopic (exact) mass is 275 g/mol. The van der Waals surface area contributed by atoms with Crippen LogP contribution < -0.4 is 0 Å². The van der Waals surface area contributed by atoms with E-state index in [-0.39, 0.29) is 12.5 Å². The lowest BCUT2D eigenvalue weighted by Gasteiger charge is -2.18. The molecule has 0 aliphatic carbocycles. The summed E-state index contributed by atoms with van der Waals surface area (Å²) in [6.45, 7) is 3.01. The normalized spacial score (nSPS) is 9.80. The van der Waals surface area contributed by atoms with E-state index in [2.05, 4.69) is 11.8 Å². The molecule has 0 saturated heterocycles. The molecule has 1 aromatic rings. The number of rotatable bonds is 5. The number of amides is 1. The van der Waals surface area contributed by atoms with Gasteiger partial charge in [0.1, 0.15) is 0 Å². The van der Waals surface area contributed by atoms with Gasteiger partial charge in [-0.3, -0.25) is 4.79 Å². The molecule has 108 valence electrons. The summed E-state index contributed by atoms with van der Waals surface area (Å²) in [5.41, 5.74) is 2.36. The first kappa shape index (κ1) is 16.2. The van der Waals surface area contributed by atoms with Crippen molar-refractivity contribution < 1.29 is 14.6 Å². The third kappa shape index (κ3) is 4.69. The van der Waals surface area contributed by atoms with Crippen molar-refractivity contribution in [1.82, 2.24) is 4.90 Å². The average Bonchev–Trinajstić information content (AvgIpc) is 2.46. The Morgan fingerprint density at radius 2 is 2.20 bits per heavy atom. The van der Waals surface area contributed by atoms with Crippen molar-refractivity contribution in [2.45, 2.75) is 13.3 Å². The number of carbonyl (C=O) groups excluding carboxylic acids is 1. The highest BCUT2D eigenvalue weighted by atomic mass is 16.5. The molecule has 0 radical (unpaired) electrons. The highest BCUT2D eigenvalue weighted by Crippen LogP contribution is 2.13. The number of nitrogens with zero attached hydrogens (tertiary/aromatic N) is 1. The van der Waals surface area contributed by atoms with Crippen LogP contribution in [0.5, 0.6) is 0 Å².